The summed E-state index contributed by atoms with van der Waals surface area (Å²) in [5, 5.41) is 3.48. The summed E-state index contributed by atoms with van der Waals surface area (Å²) in [6, 6.07) is 20.4. The molecule has 7 heteroatoms. The average molecular weight is 404 g/mol. The van der Waals surface area contributed by atoms with Crippen LogP contribution in [0.2, 0.25) is 0 Å². The van der Waals surface area contributed by atoms with Gasteiger partial charge in [0.15, 0.2) is 5.11 Å². The molecule has 2 aromatic rings. The molecule has 0 saturated heterocycles. The summed E-state index contributed by atoms with van der Waals surface area (Å²) in [6.45, 7) is 2.47. The Balaban J connectivity index is 1.88. The van der Waals surface area contributed by atoms with E-state index in [1.807, 2.05) is 43.3 Å². The monoisotopic (exact) mass is 403 g/mol. The Morgan fingerprint density at radius 2 is 1.59 bits per heavy atom. The van der Waals surface area contributed by atoms with Gasteiger partial charge in [0, 0.05) is 13.2 Å². The van der Waals surface area contributed by atoms with E-state index >= 15 is 0 Å². The van der Waals surface area contributed by atoms with Crippen molar-refractivity contribution < 1.29 is 9.53 Å². The molecule has 0 bridgehead atoms. The molecule has 0 aliphatic carbocycles. The van der Waals surface area contributed by atoms with Crippen LogP contribution in [-0.4, -0.2) is 36.5 Å². The third-order valence-electron chi connectivity index (χ3n) is 3.70. The summed E-state index contributed by atoms with van der Waals surface area (Å²) in [5.74, 6) is 0.165. The minimum Gasteiger partial charge on any atom is -0.383 e. The Morgan fingerprint density at radius 1 is 1.04 bits per heavy atom. The van der Waals surface area contributed by atoms with Crippen molar-refractivity contribution in [1.82, 2.24) is 16.2 Å². The standard InChI is InChI=1S/C20H25N3O2S2/c1-15(13-25-2)21-20(26)23-22-18(24)14-27-19(16-9-5-3-6-10-16)17-11-7-4-8-12-17/h3-12,15,19H,13-14H2,1-2H3,(H,22,24)(H2,21,23,26)/t15-/m0/s1. The zero-order valence-corrected chi connectivity index (χ0v) is 17.1. The number of methoxy groups -OCH3 is 1. The molecule has 27 heavy (non-hydrogen) atoms. The molecule has 3 N–H and O–H groups in total. The minimum absolute atomic E-state index is 0.0572. The van der Waals surface area contributed by atoms with E-state index in [9.17, 15) is 4.79 Å². The molecule has 0 radical (unpaired) electrons. The van der Waals surface area contributed by atoms with Crippen LogP contribution in [0.25, 0.3) is 0 Å². The van der Waals surface area contributed by atoms with Crippen molar-refractivity contribution in [3.8, 4) is 0 Å². The second-order valence-electron chi connectivity index (χ2n) is 6.02. The van der Waals surface area contributed by atoms with Gasteiger partial charge >= 0.3 is 0 Å². The first-order valence-corrected chi connectivity index (χ1v) is 10.1. The Labute approximate surface area is 170 Å². The number of amides is 1. The van der Waals surface area contributed by atoms with E-state index in [4.69, 9.17) is 17.0 Å². The smallest absolute Gasteiger partial charge is 0.248 e. The molecule has 0 spiro atoms. The van der Waals surface area contributed by atoms with Crippen molar-refractivity contribution in [2.75, 3.05) is 19.5 Å². The van der Waals surface area contributed by atoms with E-state index in [1.165, 1.54) is 11.1 Å². The molecule has 144 valence electrons. The quantitative estimate of drug-likeness (QED) is 0.465. The number of carbonyl (C=O) groups excluding carboxylic acids is 1. The van der Waals surface area contributed by atoms with E-state index in [0.717, 1.165) is 0 Å². The molecule has 1 atom stereocenters. The second kappa shape index (κ2) is 11.6. The van der Waals surface area contributed by atoms with Gasteiger partial charge in [0.25, 0.3) is 0 Å². The topological polar surface area (TPSA) is 62.4 Å². The summed E-state index contributed by atoms with van der Waals surface area (Å²) in [5.41, 5.74) is 7.69. The molecule has 2 aromatic carbocycles. The molecule has 5 nitrogen and oxygen atoms in total. The van der Waals surface area contributed by atoms with Crippen LogP contribution in [0.3, 0.4) is 0 Å². The molecular formula is C20H25N3O2S2. The van der Waals surface area contributed by atoms with Gasteiger partial charge in [-0.2, -0.15) is 0 Å². The Bertz CT molecular complexity index is 674. The number of thiocarbonyl (C=S) groups is 1. The van der Waals surface area contributed by atoms with Crippen LogP contribution < -0.4 is 16.2 Å². The van der Waals surface area contributed by atoms with E-state index in [1.54, 1.807) is 18.9 Å². The van der Waals surface area contributed by atoms with Gasteiger partial charge in [-0.15, -0.1) is 11.8 Å². The summed E-state index contributed by atoms with van der Waals surface area (Å²) in [7, 11) is 1.63. The van der Waals surface area contributed by atoms with Crippen molar-refractivity contribution in [3.63, 3.8) is 0 Å². The van der Waals surface area contributed by atoms with Gasteiger partial charge in [-0.05, 0) is 30.3 Å². The molecule has 0 heterocycles. The van der Waals surface area contributed by atoms with Crippen molar-refractivity contribution in [2.24, 2.45) is 0 Å². The van der Waals surface area contributed by atoms with Gasteiger partial charge in [0.05, 0.1) is 17.6 Å². The van der Waals surface area contributed by atoms with E-state index in [2.05, 4.69) is 40.4 Å². The van der Waals surface area contributed by atoms with Gasteiger partial charge in [-0.1, -0.05) is 60.7 Å². The predicted molar refractivity (Wildman–Crippen MR) is 116 cm³/mol. The highest BCUT2D eigenvalue weighted by Crippen LogP contribution is 2.35. The van der Waals surface area contributed by atoms with Gasteiger partial charge < -0.3 is 10.1 Å². The molecular weight excluding hydrogens is 378 g/mol. The Kier molecular flexibility index (Phi) is 9.10. The third-order valence-corrected chi connectivity index (χ3v) is 5.22. The fraction of sp³-hybridized carbons (Fsp3) is 0.300. The van der Waals surface area contributed by atoms with Crippen molar-refractivity contribution >= 4 is 35.0 Å². The number of carbonyl (C=O) groups is 1. The van der Waals surface area contributed by atoms with E-state index in [-0.39, 0.29) is 17.2 Å². The number of hydrazine groups is 1. The lowest BCUT2D eigenvalue weighted by Crippen LogP contribution is -2.50. The minimum atomic E-state index is -0.139. The number of hydrogen-bond acceptors (Lipinski definition) is 4. The first-order valence-electron chi connectivity index (χ1n) is 8.66. The zero-order chi connectivity index (χ0) is 19.5. The second-order valence-corrected chi connectivity index (χ2v) is 7.52. The van der Waals surface area contributed by atoms with Crippen LogP contribution in [-0.2, 0) is 9.53 Å². The molecule has 0 fully saturated rings. The van der Waals surface area contributed by atoms with Crippen LogP contribution in [0.5, 0.6) is 0 Å². The summed E-state index contributed by atoms with van der Waals surface area (Å²) in [4.78, 5) is 12.2. The first kappa shape index (κ1) is 21.2. The lowest BCUT2D eigenvalue weighted by atomic mass is 10.0. The van der Waals surface area contributed by atoms with Crippen LogP contribution in [0.4, 0.5) is 0 Å². The molecule has 0 aliphatic rings. The van der Waals surface area contributed by atoms with E-state index < -0.39 is 0 Å². The summed E-state index contributed by atoms with van der Waals surface area (Å²) < 4.78 is 5.04. The van der Waals surface area contributed by atoms with Gasteiger partial charge in [-0.3, -0.25) is 15.6 Å². The largest absolute Gasteiger partial charge is 0.383 e. The summed E-state index contributed by atoms with van der Waals surface area (Å²) >= 11 is 6.73. The van der Waals surface area contributed by atoms with Gasteiger partial charge in [0.2, 0.25) is 5.91 Å². The van der Waals surface area contributed by atoms with Crippen LogP contribution in [0, 0.1) is 0 Å². The number of benzene rings is 2. The maximum atomic E-state index is 12.2. The fourth-order valence-corrected chi connectivity index (χ4v) is 3.86. The molecule has 0 unspecified atom stereocenters. The molecule has 0 aromatic heterocycles. The van der Waals surface area contributed by atoms with Gasteiger partial charge in [0.1, 0.15) is 0 Å². The lowest BCUT2D eigenvalue weighted by molar-refractivity contribution is -0.119. The van der Waals surface area contributed by atoms with Gasteiger partial charge in [-0.25, -0.2) is 0 Å². The van der Waals surface area contributed by atoms with Crippen LogP contribution in [0.1, 0.15) is 23.3 Å². The normalized spacial score (nSPS) is 11.7. The number of ether oxygens (including phenoxy) is 1. The van der Waals surface area contributed by atoms with Crippen LogP contribution >= 0.6 is 24.0 Å². The van der Waals surface area contributed by atoms with Crippen LogP contribution in [0.15, 0.2) is 60.7 Å². The SMILES string of the molecule is COC[C@H](C)NC(=S)NNC(=O)CSC(c1ccccc1)c1ccccc1. The number of thioether (sulfide) groups is 1. The van der Waals surface area contributed by atoms with Crippen molar-refractivity contribution in [2.45, 2.75) is 18.2 Å². The zero-order valence-electron chi connectivity index (χ0n) is 15.5. The fourth-order valence-electron chi connectivity index (χ4n) is 2.51. The lowest BCUT2D eigenvalue weighted by Gasteiger charge is -2.19. The summed E-state index contributed by atoms with van der Waals surface area (Å²) in [6.07, 6.45) is 0. The maximum Gasteiger partial charge on any atom is 0.248 e. The molecule has 0 saturated carbocycles. The molecule has 2 rings (SSSR count). The van der Waals surface area contributed by atoms with Crippen molar-refractivity contribution in [3.05, 3.63) is 71.8 Å². The number of rotatable bonds is 8. The Morgan fingerprint density at radius 3 is 2.11 bits per heavy atom. The number of hydrogen-bond donors (Lipinski definition) is 3. The number of nitrogens with one attached hydrogen (secondary N) is 3. The Hall–Kier alpha value is -2.09. The maximum absolute atomic E-state index is 12.2. The molecule has 1 amide bonds. The predicted octanol–water partition coefficient (Wildman–Crippen LogP) is 3.04. The highest BCUT2D eigenvalue weighted by molar-refractivity contribution is 8.00. The first-order chi connectivity index (χ1) is 13.1. The molecule has 0 aliphatic heterocycles. The van der Waals surface area contributed by atoms with E-state index in [0.29, 0.717) is 17.5 Å². The highest BCUT2D eigenvalue weighted by Gasteiger charge is 2.16. The third kappa shape index (κ3) is 7.58. The average Bonchev–Trinajstić information content (AvgIpc) is 2.68. The highest BCUT2D eigenvalue weighted by atomic mass is 32.2. The van der Waals surface area contributed by atoms with Crippen molar-refractivity contribution in [1.29, 1.82) is 0 Å².